The number of halogens is 1. The second-order valence-electron chi connectivity index (χ2n) is 5.00. The molecule has 1 unspecified atom stereocenters. The fourth-order valence-corrected chi connectivity index (χ4v) is 1.66. The molecule has 4 heteroatoms. The highest BCUT2D eigenvalue weighted by molar-refractivity contribution is 5.87. The molecular formula is C14H21FN2O. The Kier molecular flexibility index (Phi) is 4.84. The van der Waals surface area contributed by atoms with Gasteiger partial charge in [-0.25, -0.2) is 4.39 Å². The summed E-state index contributed by atoms with van der Waals surface area (Å²) in [5.74, 6) is -0.519. The molecule has 0 heterocycles. The molecule has 18 heavy (non-hydrogen) atoms. The van der Waals surface area contributed by atoms with E-state index < -0.39 is 5.41 Å². The Morgan fingerprint density at radius 1 is 1.39 bits per heavy atom. The molecule has 0 saturated heterocycles. The number of hydrogen-bond donors (Lipinski definition) is 2. The fourth-order valence-electron chi connectivity index (χ4n) is 1.66. The summed E-state index contributed by atoms with van der Waals surface area (Å²) in [6.45, 7) is 5.94. The molecule has 0 radical (unpaired) electrons. The fraction of sp³-hybridized carbons (Fsp3) is 0.500. The molecule has 1 aromatic carbocycles. The predicted octanol–water partition coefficient (Wildman–Crippen LogP) is 1.83. The number of benzene rings is 1. The van der Waals surface area contributed by atoms with Crippen LogP contribution < -0.4 is 10.6 Å². The molecule has 0 aliphatic heterocycles. The van der Waals surface area contributed by atoms with E-state index in [0.717, 1.165) is 0 Å². The number of amides is 1. The zero-order valence-corrected chi connectivity index (χ0v) is 11.4. The monoisotopic (exact) mass is 252 g/mol. The van der Waals surface area contributed by atoms with Crippen LogP contribution in [-0.4, -0.2) is 25.5 Å². The van der Waals surface area contributed by atoms with E-state index in [4.69, 9.17) is 0 Å². The highest BCUT2D eigenvalue weighted by Gasteiger charge is 2.32. The molecule has 0 bridgehead atoms. The maximum Gasteiger partial charge on any atom is 0.230 e. The van der Waals surface area contributed by atoms with Crippen LogP contribution >= 0.6 is 0 Å². The van der Waals surface area contributed by atoms with Gasteiger partial charge in [0, 0.05) is 18.2 Å². The average molecular weight is 252 g/mol. The van der Waals surface area contributed by atoms with Gasteiger partial charge in [0.15, 0.2) is 0 Å². The van der Waals surface area contributed by atoms with Crippen molar-refractivity contribution >= 4 is 5.91 Å². The van der Waals surface area contributed by atoms with Gasteiger partial charge in [-0.3, -0.25) is 4.79 Å². The number of nitrogens with one attached hydrogen (secondary N) is 2. The summed E-state index contributed by atoms with van der Waals surface area (Å²) >= 11 is 0. The second-order valence-corrected chi connectivity index (χ2v) is 5.00. The Hall–Kier alpha value is -1.42. The number of likely N-dealkylation sites (N-methyl/N-ethyl adjacent to an activating group) is 1. The summed E-state index contributed by atoms with van der Waals surface area (Å²) in [4.78, 5) is 12.1. The molecule has 0 spiro atoms. The van der Waals surface area contributed by atoms with Crippen molar-refractivity contribution in [3.63, 3.8) is 0 Å². The summed E-state index contributed by atoms with van der Waals surface area (Å²) in [7, 11) is 1.83. The Bertz CT molecular complexity index is 418. The van der Waals surface area contributed by atoms with Gasteiger partial charge in [0.25, 0.3) is 0 Å². The van der Waals surface area contributed by atoms with Crippen LogP contribution in [0.1, 0.15) is 26.3 Å². The van der Waals surface area contributed by atoms with E-state index in [1.54, 1.807) is 32.0 Å². The quantitative estimate of drug-likeness (QED) is 0.839. The van der Waals surface area contributed by atoms with E-state index in [2.05, 4.69) is 10.6 Å². The van der Waals surface area contributed by atoms with Crippen LogP contribution in [0.4, 0.5) is 4.39 Å². The van der Waals surface area contributed by atoms with Crippen LogP contribution in [0.25, 0.3) is 0 Å². The smallest absolute Gasteiger partial charge is 0.230 e. The van der Waals surface area contributed by atoms with Crippen LogP contribution in [0, 0.1) is 5.82 Å². The lowest BCUT2D eigenvalue weighted by atomic mass is 9.83. The highest BCUT2D eigenvalue weighted by atomic mass is 19.1. The van der Waals surface area contributed by atoms with Gasteiger partial charge in [0.1, 0.15) is 5.82 Å². The van der Waals surface area contributed by atoms with Crippen molar-refractivity contribution in [2.24, 2.45) is 0 Å². The van der Waals surface area contributed by atoms with Crippen LogP contribution in [0.3, 0.4) is 0 Å². The minimum atomic E-state index is -0.876. The van der Waals surface area contributed by atoms with Gasteiger partial charge in [-0.05, 0) is 33.9 Å². The van der Waals surface area contributed by atoms with Crippen molar-refractivity contribution in [2.75, 3.05) is 13.6 Å². The van der Waals surface area contributed by atoms with Crippen LogP contribution in [0.15, 0.2) is 24.3 Å². The van der Waals surface area contributed by atoms with E-state index in [1.165, 1.54) is 6.07 Å². The molecule has 1 atom stereocenters. The third kappa shape index (κ3) is 3.29. The first-order chi connectivity index (χ1) is 8.39. The first kappa shape index (κ1) is 14.6. The zero-order valence-electron chi connectivity index (χ0n) is 11.4. The largest absolute Gasteiger partial charge is 0.354 e. The van der Waals surface area contributed by atoms with E-state index in [1.807, 2.05) is 14.0 Å². The standard InChI is InChI=1S/C14H21FN2O/c1-10(16-4)9-17-13(18)14(2,3)11-7-5-6-8-12(11)15/h5-8,10,16H,9H2,1-4H3,(H,17,18). The molecule has 0 aromatic heterocycles. The Balaban J connectivity index is 2.80. The van der Waals surface area contributed by atoms with Crippen molar-refractivity contribution < 1.29 is 9.18 Å². The lowest BCUT2D eigenvalue weighted by Crippen LogP contribution is -2.45. The molecule has 1 amide bonds. The Morgan fingerprint density at radius 2 is 2.00 bits per heavy atom. The first-order valence-corrected chi connectivity index (χ1v) is 6.10. The minimum Gasteiger partial charge on any atom is -0.354 e. The van der Waals surface area contributed by atoms with Gasteiger partial charge in [0.05, 0.1) is 5.41 Å². The van der Waals surface area contributed by atoms with Crippen molar-refractivity contribution in [1.29, 1.82) is 0 Å². The molecule has 1 aromatic rings. The SMILES string of the molecule is CNC(C)CNC(=O)C(C)(C)c1ccccc1F. The Labute approximate surface area is 108 Å². The molecular weight excluding hydrogens is 231 g/mol. The first-order valence-electron chi connectivity index (χ1n) is 6.10. The number of rotatable bonds is 5. The number of carbonyl (C=O) groups is 1. The Morgan fingerprint density at radius 3 is 2.56 bits per heavy atom. The lowest BCUT2D eigenvalue weighted by Gasteiger charge is -2.25. The van der Waals surface area contributed by atoms with Crippen LogP contribution in [-0.2, 0) is 10.2 Å². The average Bonchev–Trinajstić information content (AvgIpc) is 2.35. The van der Waals surface area contributed by atoms with Gasteiger partial charge >= 0.3 is 0 Å². The van der Waals surface area contributed by atoms with Gasteiger partial charge in [-0.2, -0.15) is 0 Å². The van der Waals surface area contributed by atoms with Crippen molar-refractivity contribution in [3.8, 4) is 0 Å². The van der Waals surface area contributed by atoms with Gasteiger partial charge in [-0.1, -0.05) is 18.2 Å². The highest BCUT2D eigenvalue weighted by Crippen LogP contribution is 2.25. The summed E-state index contributed by atoms with van der Waals surface area (Å²) < 4.78 is 13.7. The maximum absolute atomic E-state index is 13.7. The topological polar surface area (TPSA) is 41.1 Å². The third-order valence-corrected chi connectivity index (χ3v) is 3.18. The van der Waals surface area contributed by atoms with Crippen molar-refractivity contribution in [2.45, 2.75) is 32.2 Å². The van der Waals surface area contributed by atoms with Crippen LogP contribution in [0.5, 0.6) is 0 Å². The molecule has 0 saturated carbocycles. The molecule has 0 fully saturated rings. The van der Waals surface area contributed by atoms with E-state index in [-0.39, 0.29) is 17.8 Å². The van der Waals surface area contributed by atoms with E-state index >= 15 is 0 Å². The van der Waals surface area contributed by atoms with Gasteiger partial charge in [-0.15, -0.1) is 0 Å². The van der Waals surface area contributed by atoms with E-state index in [0.29, 0.717) is 12.1 Å². The number of hydrogen-bond acceptors (Lipinski definition) is 2. The zero-order chi connectivity index (χ0) is 13.8. The summed E-state index contributed by atoms with van der Waals surface area (Å²) in [6, 6.07) is 6.57. The summed E-state index contributed by atoms with van der Waals surface area (Å²) in [5, 5.41) is 5.87. The normalized spacial score (nSPS) is 13.2. The predicted molar refractivity (Wildman–Crippen MR) is 71.0 cm³/mol. The second kappa shape index (κ2) is 5.96. The molecule has 0 aliphatic carbocycles. The lowest BCUT2D eigenvalue weighted by molar-refractivity contribution is -0.125. The van der Waals surface area contributed by atoms with Gasteiger partial charge < -0.3 is 10.6 Å². The maximum atomic E-state index is 13.7. The number of carbonyl (C=O) groups excluding carboxylic acids is 1. The summed E-state index contributed by atoms with van der Waals surface area (Å²) in [6.07, 6.45) is 0. The minimum absolute atomic E-state index is 0.172. The summed E-state index contributed by atoms with van der Waals surface area (Å²) in [5.41, 5.74) is -0.460. The molecule has 0 aliphatic rings. The molecule has 2 N–H and O–H groups in total. The van der Waals surface area contributed by atoms with Crippen molar-refractivity contribution in [3.05, 3.63) is 35.6 Å². The third-order valence-electron chi connectivity index (χ3n) is 3.18. The molecule has 1 rings (SSSR count). The molecule has 3 nitrogen and oxygen atoms in total. The van der Waals surface area contributed by atoms with Gasteiger partial charge in [0.2, 0.25) is 5.91 Å². The van der Waals surface area contributed by atoms with Crippen LogP contribution in [0.2, 0.25) is 0 Å². The van der Waals surface area contributed by atoms with Crippen molar-refractivity contribution in [1.82, 2.24) is 10.6 Å². The molecule has 100 valence electrons. The van der Waals surface area contributed by atoms with E-state index in [9.17, 15) is 9.18 Å².